The largest absolute Gasteiger partial charge is 0.466 e. The highest BCUT2D eigenvalue weighted by atomic mass is 16.5. The molecule has 0 aromatic carbocycles. The van der Waals surface area contributed by atoms with E-state index in [0.717, 1.165) is 25.7 Å². The van der Waals surface area contributed by atoms with E-state index < -0.39 is 0 Å². The minimum Gasteiger partial charge on any atom is -0.466 e. The third-order valence-electron chi connectivity index (χ3n) is 6.21. The number of allylic oxidation sites excluding steroid dienone is 1. The summed E-state index contributed by atoms with van der Waals surface area (Å²) in [6.07, 6.45) is 29.3. The minimum absolute atomic E-state index is 0.198. The molecule has 0 aliphatic heterocycles. The monoisotopic (exact) mass is 480 g/mol. The molecule has 0 aromatic heterocycles. The van der Waals surface area contributed by atoms with Crippen molar-refractivity contribution in [3.63, 3.8) is 0 Å². The average molecular weight is 481 g/mol. The molecule has 0 atom stereocenters. The van der Waals surface area contributed by atoms with E-state index in [-0.39, 0.29) is 18.4 Å². The van der Waals surface area contributed by atoms with Gasteiger partial charge in [0.2, 0.25) is 0 Å². The van der Waals surface area contributed by atoms with Crippen LogP contribution in [0.2, 0.25) is 0 Å². The fourth-order valence-electron chi connectivity index (χ4n) is 3.99. The molecule has 0 amide bonds. The second kappa shape index (κ2) is 27.9. The number of esters is 2. The summed E-state index contributed by atoms with van der Waals surface area (Å²) < 4.78 is 10.5. The minimum atomic E-state index is -0.219. The molecule has 0 aromatic rings. The van der Waals surface area contributed by atoms with E-state index >= 15 is 0 Å². The molecule has 34 heavy (non-hydrogen) atoms. The van der Waals surface area contributed by atoms with Crippen LogP contribution in [0.3, 0.4) is 0 Å². The summed E-state index contributed by atoms with van der Waals surface area (Å²) >= 11 is 0. The maximum absolute atomic E-state index is 11.8. The molecule has 0 radical (unpaired) electrons. The first-order chi connectivity index (χ1) is 16.7. The summed E-state index contributed by atoms with van der Waals surface area (Å²) in [6, 6.07) is 0. The number of carbonyl (C=O) groups is 2. The van der Waals surface area contributed by atoms with E-state index in [1.54, 1.807) is 0 Å². The molecule has 200 valence electrons. The Morgan fingerprint density at radius 3 is 1.41 bits per heavy atom. The first kappa shape index (κ1) is 32.7. The molecule has 4 heteroatoms. The molecule has 0 bridgehead atoms. The van der Waals surface area contributed by atoms with E-state index in [9.17, 15) is 9.59 Å². The third kappa shape index (κ3) is 26.9. The first-order valence-corrected chi connectivity index (χ1v) is 14.7. The van der Waals surface area contributed by atoms with Gasteiger partial charge in [0.05, 0.1) is 13.2 Å². The van der Waals surface area contributed by atoms with Crippen LogP contribution in [-0.4, -0.2) is 25.2 Å². The molecule has 4 nitrogen and oxygen atoms in total. The van der Waals surface area contributed by atoms with Crippen LogP contribution in [0, 0.1) is 0 Å². The Labute approximate surface area is 211 Å². The van der Waals surface area contributed by atoms with Crippen molar-refractivity contribution in [2.75, 3.05) is 13.2 Å². The molecule has 0 unspecified atom stereocenters. The molecular formula is C30H56O4. The zero-order chi connectivity index (χ0) is 25.0. The fourth-order valence-corrected chi connectivity index (χ4v) is 3.99. The van der Waals surface area contributed by atoms with Gasteiger partial charge in [-0.3, -0.25) is 9.59 Å². The van der Waals surface area contributed by atoms with Crippen LogP contribution in [0.25, 0.3) is 0 Å². The van der Waals surface area contributed by atoms with Crippen molar-refractivity contribution in [3.05, 3.63) is 12.2 Å². The number of carbonyl (C=O) groups excluding carboxylic acids is 2. The summed E-state index contributed by atoms with van der Waals surface area (Å²) in [5.41, 5.74) is 0. The second-order valence-electron chi connectivity index (χ2n) is 9.65. The lowest BCUT2D eigenvalue weighted by molar-refractivity contribution is -0.145. The fraction of sp³-hybridized carbons (Fsp3) is 0.867. The van der Waals surface area contributed by atoms with Gasteiger partial charge in [0.1, 0.15) is 0 Å². The van der Waals surface area contributed by atoms with Crippen molar-refractivity contribution < 1.29 is 19.1 Å². The topological polar surface area (TPSA) is 52.6 Å². The standard InChI is InChI=1S/C30H56O4/c1-3-5-7-9-11-13-14-15-17-19-21-23-28-34-30(32)26-24-25-29(31)33-27-22-20-18-16-12-10-8-6-4-2/h19,21H,3-18,20,22-28H2,1-2H3/b21-19+. The summed E-state index contributed by atoms with van der Waals surface area (Å²) in [6.45, 7) is 5.43. The van der Waals surface area contributed by atoms with Gasteiger partial charge in [0.15, 0.2) is 0 Å². The molecule has 0 saturated carbocycles. The highest BCUT2D eigenvalue weighted by Crippen LogP contribution is 2.11. The van der Waals surface area contributed by atoms with Crippen molar-refractivity contribution >= 4 is 11.9 Å². The van der Waals surface area contributed by atoms with Crippen molar-refractivity contribution in [2.45, 2.75) is 155 Å². The smallest absolute Gasteiger partial charge is 0.305 e. The predicted molar refractivity (Wildman–Crippen MR) is 144 cm³/mol. The van der Waals surface area contributed by atoms with Crippen LogP contribution >= 0.6 is 0 Å². The van der Waals surface area contributed by atoms with Crippen LogP contribution < -0.4 is 0 Å². The number of hydrogen-bond donors (Lipinski definition) is 0. The molecule has 0 aliphatic rings. The van der Waals surface area contributed by atoms with Gasteiger partial charge in [0.25, 0.3) is 0 Å². The summed E-state index contributed by atoms with van der Waals surface area (Å²) in [4.78, 5) is 23.5. The molecular weight excluding hydrogens is 424 g/mol. The Bertz CT molecular complexity index is 472. The number of hydrogen-bond acceptors (Lipinski definition) is 4. The van der Waals surface area contributed by atoms with Gasteiger partial charge in [-0.25, -0.2) is 0 Å². The first-order valence-electron chi connectivity index (χ1n) is 14.7. The van der Waals surface area contributed by atoms with E-state index in [1.807, 2.05) is 0 Å². The highest BCUT2D eigenvalue weighted by Gasteiger charge is 2.07. The molecule has 0 fully saturated rings. The zero-order valence-corrected chi connectivity index (χ0v) is 22.8. The maximum atomic E-state index is 11.8. The Hall–Kier alpha value is -1.32. The maximum Gasteiger partial charge on any atom is 0.305 e. The number of unbranched alkanes of at least 4 members (excludes halogenated alkanes) is 16. The lowest BCUT2D eigenvalue weighted by Gasteiger charge is -2.06. The Kier molecular flexibility index (Phi) is 26.8. The lowest BCUT2D eigenvalue weighted by atomic mass is 10.1. The van der Waals surface area contributed by atoms with Crippen molar-refractivity contribution in [3.8, 4) is 0 Å². The molecule has 0 rings (SSSR count). The van der Waals surface area contributed by atoms with Gasteiger partial charge in [-0.05, 0) is 32.1 Å². The molecule has 0 N–H and O–H groups in total. The number of rotatable bonds is 26. The summed E-state index contributed by atoms with van der Waals surface area (Å²) in [7, 11) is 0. The molecule has 0 saturated heterocycles. The van der Waals surface area contributed by atoms with E-state index in [4.69, 9.17) is 9.47 Å². The van der Waals surface area contributed by atoms with Crippen molar-refractivity contribution in [1.82, 2.24) is 0 Å². The van der Waals surface area contributed by atoms with E-state index in [2.05, 4.69) is 26.0 Å². The zero-order valence-electron chi connectivity index (χ0n) is 22.8. The van der Waals surface area contributed by atoms with Gasteiger partial charge in [-0.1, -0.05) is 122 Å². The van der Waals surface area contributed by atoms with Crippen LogP contribution in [0.15, 0.2) is 12.2 Å². The summed E-state index contributed by atoms with van der Waals surface area (Å²) in [5.74, 6) is -0.417. The third-order valence-corrected chi connectivity index (χ3v) is 6.21. The van der Waals surface area contributed by atoms with Gasteiger partial charge in [-0.15, -0.1) is 0 Å². The van der Waals surface area contributed by atoms with Crippen LogP contribution in [0.5, 0.6) is 0 Å². The summed E-state index contributed by atoms with van der Waals surface area (Å²) in [5, 5.41) is 0. The number of ether oxygens (including phenoxy) is 2. The molecule has 0 aliphatic carbocycles. The van der Waals surface area contributed by atoms with Crippen LogP contribution in [0.4, 0.5) is 0 Å². The second-order valence-corrected chi connectivity index (χ2v) is 9.65. The van der Waals surface area contributed by atoms with E-state index in [0.29, 0.717) is 26.1 Å². The molecule has 0 heterocycles. The average Bonchev–Trinajstić information content (AvgIpc) is 2.83. The Morgan fingerprint density at radius 1 is 0.471 bits per heavy atom. The van der Waals surface area contributed by atoms with Crippen LogP contribution in [0.1, 0.15) is 155 Å². The lowest BCUT2D eigenvalue weighted by Crippen LogP contribution is -2.09. The highest BCUT2D eigenvalue weighted by molar-refractivity contribution is 5.72. The quantitative estimate of drug-likeness (QED) is 0.0703. The van der Waals surface area contributed by atoms with Crippen LogP contribution in [-0.2, 0) is 19.1 Å². The van der Waals surface area contributed by atoms with Gasteiger partial charge in [-0.2, -0.15) is 0 Å². The SMILES string of the molecule is CCCCCCCCCC/C=C/CCOC(=O)CCCC(=O)OCCCCCCCCCCC. The molecule has 0 spiro atoms. The predicted octanol–water partition coefficient (Wildman–Crippen LogP) is 9.25. The van der Waals surface area contributed by atoms with E-state index in [1.165, 1.54) is 96.3 Å². The van der Waals surface area contributed by atoms with Crippen molar-refractivity contribution in [2.24, 2.45) is 0 Å². The van der Waals surface area contributed by atoms with Gasteiger partial charge >= 0.3 is 11.9 Å². The van der Waals surface area contributed by atoms with Crippen molar-refractivity contribution in [1.29, 1.82) is 0 Å². The van der Waals surface area contributed by atoms with Gasteiger partial charge < -0.3 is 9.47 Å². The van der Waals surface area contributed by atoms with Gasteiger partial charge in [0, 0.05) is 12.8 Å². The Morgan fingerprint density at radius 2 is 0.882 bits per heavy atom. The Balaban J connectivity index is 3.35. The normalized spacial score (nSPS) is 11.2.